The summed E-state index contributed by atoms with van der Waals surface area (Å²) < 4.78 is 36.2. The molecule has 1 aliphatic heterocycles. The number of carbonyl (C=O) groups excluding carboxylic acids is 1. The van der Waals surface area contributed by atoms with Crippen LogP contribution in [-0.4, -0.2) is 50.5 Å². The number of hydrogen-bond donors (Lipinski definition) is 0. The minimum Gasteiger partial charge on any atom is -0.466 e. The Morgan fingerprint density at radius 3 is 2.80 bits per heavy atom. The largest absolute Gasteiger partial charge is 0.466 e. The minimum absolute atomic E-state index is 0.0437. The number of piperidine rings is 1. The van der Waals surface area contributed by atoms with E-state index in [1.54, 1.807) is 35.0 Å². The fraction of sp³-hybridized carbons (Fsp3) is 0.227. The topological polar surface area (TPSA) is 59.7 Å². The monoisotopic (exact) mass is 410 g/mol. The molecule has 0 aliphatic carbocycles. The fourth-order valence-corrected chi connectivity index (χ4v) is 3.40. The summed E-state index contributed by atoms with van der Waals surface area (Å²) in [5, 5.41) is 4.24. The van der Waals surface area contributed by atoms with Crippen LogP contribution in [0.4, 0.5) is 8.78 Å². The summed E-state index contributed by atoms with van der Waals surface area (Å²) in [5.74, 6) is -3.46. The molecule has 3 aromatic heterocycles. The van der Waals surface area contributed by atoms with Crippen LogP contribution in [0.15, 0.2) is 55.8 Å². The van der Waals surface area contributed by atoms with Gasteiger partial charge in [-0.2, -0.15) is 5.10 Å². The number of pyridine rings is 2. The Hall–Kier alpha value is -3.55. The van der Waals surface area contributed by atoms with Gasteiger partial charge in [0.25, 0.3) is 11.8 Å². The van der Waals surface area contributed by atoms with Gasteiger partial charge in [0, 0.05) is 25.2 Å². The average molecular weight is 410 g/mol. The summed E-state index contributed by atoms with van der Waals surface area (Å²) in [6.07, 6.45) is 2.79. The second-order valence-corrected chi connectivity index (χ2v) is 7.00. The first-order valence-corrected chi connectivity index (χ1v) is 9.45. The number of carbonyl (C=O) groups is 1. The van der Waals surface area contributed by atoms with Crippen molar-refractivity contribution in [3.05, 3.63) is 72.7 Å². The first-order chi connectivity index (χ1) is 14.4. The number of halogens is 2. The highest BCUT2D eigenvalue weighted by molar-refractivity contribution is 5.93. The maximum atomic E-state index is 14.5. The molecule has 0 bridgehead atoms. The first kappa shape index (κ1) is 19.8. The number of nitrogens with zero attached hydrogens (tertiary/aromatic N) is 4. The standard InChI is InChI=1S/C22H20F2N4O2/c1-3-15-8-9-20(25-17(15)4-2)30-19-14-27(12-10-22(19,23)24)21(29)18-13-16-7-5-6-11-28(16)26-18/h3-9,11,13,19H,1-2,10,12,14H2. The fourth-order valence-electron chi connectivity index (χ4n) is 3.40. The van der Waals surface area contributed by atoms with Crippen molar-refractivity contribution < 1.29 is 18.3 Å². The van der Waals surface area contributed by atoms with Crippen LogP contribution in [0.2, 0.25) is 0 Å². The molecule has 1 fully saturated rings. The molecule has 4 heterocycles. The minimum atomic E-state index is -3.09. The highest BCUT2D eigenvalue weighted by Crippen LogP contribution is 2.32. The summed E-state index contributed by atoms with van der Waals surface area (Å²) in [6.45, 7) is 7.00. The molecule has 0 radical (unpaired) electrons. The lowest BCUT2D eigenvalue weighted by molar-refractivity contribution is -0.131. The van der Waals surface area contributed by atoms with Gasteiger partial charge in [-0.1, -0.05) is 25.3 Å². The van der Waals surface area contributed by atoms with Gasteiger partial charge < -0.3 is 9.64 Å². The van der Waals surface area contributed by atoms with E-state index in [1.807, 2.05) is 12.1 Å². The molecule has 0 N–H and O–H groups in total. The highest BCUT2D eigenvalue weighted by atomic mass is 19.3. The molecule has 6 nitrogen and oxygen atoms in total. The van der Waals surface area contributed by atoms with Crippen molar-refractivity contribution in [1.82, 2.24) is 19.5 Å². The summed E-state index contributed by atoms with van der Waals surface area (Å²) >= 11 is 0. The van der Waals surface area contributed by atoms with Crippen molar-refractivity contribution in [1.29, 1.82) is 0 Å². The van der Waals surface area contributed by atoms with E-state index in [9.17, 15) is 13.6 Å². The van der Waals surface area contributed by atoms with Crippen molar-refractivity contribution in [2.45, 2.75) is 18.4 Å². The number of aromatic nitrogens is 3. The molecule has 1 amide bonds. The maximum Gasteiger partial charge on any atom is 0.287 e. The quantitative estimate of drug-likeness (QED) is 0.639. The normalized spacial score (nSPS) is 18.2. The van der Waals surface area contributed by atoms with E-state index < -0.39 is 24.4 Å². The molecule has 1 aliphatic rings. The highest BCUT2D eigenvalue weighted by Gasteiger charge is 2.47. The van der Waals surface area contributed by atoms with Crippen molar-refractivity contribution in [3.8, 4) is 5.88 Å². The molecule has 1 unspecified atom stereocenters. The molecule has 3 aromatic rings. The third-order valence-corrected chi connectivity index (χ3v) is 5.06. The van der Waals surface area contributed by atoms with Gasteiger partial charge >= 0.3 is 0 Å². The van der Waals surface area contributed by atoms with Crippen LogP contribution in [-0.2, 0) is 0 Å². The molecular weight excluding hydrogens is 390 g/mol. The lowest BCUT2D eigenvalue weighted by atomic mass is 10.0. The van der Waals surface area contributed by atoms with Gasteiger partial charge in [0.2, 0.25) is 5.88 Å². The van der Waals surface area contributed by atoms with Crippen molar-refractivity contribution >= 4 is 23.6 Å². The second-order valence-electron chi connectivity index (χ2n) is 7.00. The molecule has 154 valence electrons. The van der Waals surface area contributed by atoms with E-state index in [4.69, 9.17) is 4.74 Å². The van der Waals surface area contributed by atoms with Crippen LogP contribution >= 0.6 is 0 Å². The average Bonchev–Trinajstić information content (AvgIpc) is 3.19. The maximum absolute atomic E-state index is 14.5. The Labute approximate surface area is 172 Å². The van der Waals surface area contributed by atoms with E-state index in [-0.39, 0.29) is 24.7 Å². The Bertz CT molecular complexity index is 1090. The molecule has 0 saturated carbocycles. The predicted octanol–water partition coefficient (Wildman–Crippen LogP) is 3.94. The Morgan fingerprint density at radius 1 is 1.23 bits per heavy atom. The Morgan fingerprint density at radius 2 is 2.07 bits per heavy atom. The van der Waals surface area contributed by atoms with Gasteiger partial charge in [-0.3, -0.25) is 4.79 Å². The van der Waals surface area contributed by atoms with Crippen molar-refractivity contribution in [2.75, 3.05) is 13.1 Å². The summed E-state index contributed by atoms with van der Waals surface area (Å²) in [4.78, 5) is 18.4. The van der Waals surface area contributed by atoms with Crippen LogP contribution in [0, 0.1) is 0 Å². The van der Waals surface area contributed by atoms with E-state index in [0.29, 0.717) is 5.69 Å². The van der Waals surface area contributed by atoms with Crippen molar-refractivity contribution in [3.63, 3.8) is 0 Å². The van der Waals surface area contributed by atoms with Crippen molar-refractivity contribution in [2.24, 2.45) is 0 Å². The molecule has 1 atom stereocenters. The zero-order chi connectivity index (χ0) is 21.3. The Balaban J connectivity index is 1.55. The third-order valence-electron chi connectivity index (χ3n) is 5.06. The van der Waals surface area contributed by atoms with Gasteiger partial charge in [0.1, 0.15) is 0 Å². The number of hydrogen-bond acceptors (Lipinski definition) is 4. The molecule has 1 saturated heterocycles. The van der Waals surface area contributed by atoms with Crippen LogP contribution < -0.4 is 4.74 Å². The summed E-state index contributed by atoms with van der Waals surface area (Å²) in [7, 11) is 0. The number of rotatable bonds is 5. The molecule has 4 rings (SSSR count). The Kier molecular flexibility index (Phi) is 5.07. The lowest BCUT2D eigenvalue weighted by Gasteiger charge is -2.37. The third kappa shape index (κ3) is 3.68. The second kappa shape index (κ2) is 7.70. The van der Waals surface area contributed by atoms with Gasteiger partial charge in [0.15, 0.2) is 11.8 Å². The lowest BCUT2D eigenvalue weighted by Crippen LogP contribution is -2.55. The molecule has 8 heteroatoms. The summed E-state index contributed by atoms with van der Waals surface area (Å²) in [6, 6.07) is 10.3. The number of fused-ring (bicyclic) bond motifs is 1. The first-order valence-electron chi connectivity index (χ1n) is 9.45. The predicted molar refractivity (Wildman–Crippen MR) is 109 cm³/mol. The van der Waals surface area contributed by atoms with Gasteiger partial charge in [-0.15, -0.1) is 0 Å². The SMILES string of the molecule is C=Cc1ccc(OC2CN(C(=O)c3cc4ccccn4n3)CCC2(F)F)nc1C=C. The number of likely N-dealkylation sites (tertiary alicyclic amines) is 1. The number of amides is 1. The molecule has 0 aromatic carbocycles. The van der Waals surface area contributed by atoms with Crippen LogP contribution in [0.3, 0.4) is 0 Å². The summed E-state index contributed by atoms with van der Waals surface area (Å²) in [5.41, 5.74) is 2.16. The molecule has 0 spiro atoms. The zero-order valence-electron chi connectivity index (χ0n) is 16.2. The van der Waals surface area contributed by atoms with Gasteiger partial charge in [0.05, 0.1) is 17.8 Å². The van der Waals surface area contributed by atoms with Gasteiger partial charge in [-0.05, 0) is 35.9 Å². The van der Waals surface area contributed by atoms with Crippen LogP contribution in [0.1, 0.15) is 28.2 Å². The smallest absolute Gasteiger partial charge is 0.287 e. The van der Waals surface area contributed by atoms with Gasteiger partial charge in [-0.25, -0.2) is 18.3 Å². The van der Waals surface area contributed by atoms with E-state index in [2.05, 4.69) is 23.2 Å². The van der Waals surface area contributed by atoms with E-state index in [1.165, 1.54) is 17.0 Å². The number of alkyl halides is 2. The zero-order valence-corrected chi connectivity index (χ0v) is 16.2. The van der Waals surface area contributed by atoms with Crippen LogP contribution in [0.25, 0.3) is 17.7 Å². The molecule has 30 heavy (non-hydrogen) atoms. The van der Waals surface area contributed by atoms with Crippen LogP contribution in [0.5, 0.6) is 5.88 Å². The molecular formula is C22H20F2N4O2. The van der Waals surface area contributed by atoms with E-state index in [0.717, 1.165) is 11.1 Å². The van der Waals surface area contributed by atoms with E-state index >= 15 is 0 Å². The number of ether oxygens (including phenoxy) is 1.